The second-order valence-corrected chi connectivity index (χ2v) is 4.09. The van der Waals surface area contributed by atoms with E-state index in [2.05, 4.69) is 0 Å². The van der Waals surface area contributed by atoms with Crippen LogP contribution < -0.4 is 5.73 Å². The van der Waals surface area contributed by atoms with Gasteiger partial charge >= 0.3 is 0 Å². The van der Waals surface area contributed by atoms with Crippen LogP contribution in [0.15, 0.2) is 30.3 Å². The molecule has 1 aromatic rings. The number of ether oxygens (including phenoxy) is 1. The largest absolute Gasteiger partial charge is 0.375 e. The lowest BCUT2D eigenvalue weighted by Crippen LogP contribution is -2.41. The summed E-state index contributed by atoms with van der Waals surface area (Å²) in [6.07, 6.45) is 0. The molecule has 0 aromatic heterocycles. The van der Waals surface area contributed by atoms with Crippen molar-refractivity contribution in [2.75, 3.05) is 20.2 Å². The number of amides is 1. The van der Waals surface area contributed by atoms with Crippen molar-refractivity contribution in [3.8, 4) is 0 Å². The highest BCUT2D eigenvalue weighted by atomic mass is 35.5. The lowest BCUT2D eigenvalue weighted by atomic mass is 10.2. The zero-order valence-electron chi connectivity index (χ0n) is 10.8. The van der Waals surface area contributed by atoms with Gasteiger partial charge in [-0.05, 0) is 12.5 Å². The second kappa shape index (κ2) is 8.91. The van der Waals surface area contributed by atoms with Gasteiger partial charge in [0, 0.05) is 13.6 Å². The van der Waals surface area contributed by atoms with Crippen LogP contribution in [0, 0.1) is 0 Å². The van der Waals surface area contributed by atoms with E-state index < -0.39 is 6.04 Å². The van der Waals surface area contributed by atoms with Gasteiger partial charge in [-0.25, -0.2) is 0 Å². The standard InChI is InChI=1S/C13H20N2O2.ClH/c1-11(14)13(16)15(2)8-9-17-10-12-6-4-3-5-7-12;/h3-7,11H,8-10,14H2,1-2H3;1H/t11-;/m0./s1. The van der Waals surface area contributed by atoms with Gasteiger partial charge in [0.05, 0.1) is 19.3 Å². The first kappa shape index (κ1) is 16.9. The van der Waals surface area contributed by atoms with Crippen LogP contribution in [0.25, 0.3) is 0 Å². The van der Waals surface area contributed by atoms with Crippen molar-refractivity contribution in [3.63, 3.8) is 0 Å². The lowest BCUT2D eigenvalue weighted by Gasteiger charge is -2.19. The Labute approximate surface area is 115 Å². The number of hydrogen-bond donors (Lipinski definition) is 1. The third kappa shape index (κ3) is 6.00. The maximum atomic E-state index is 11.5. The molecule has 0 saturated carbocycles. The topological polar surface area (TPSA) is 55.6 Å². The van der Waals surface area contributed by atoms with Crippen LogP contribution in [0.1, 0.15) is 12.5 Å². The predicted octanol–water partition coefficient (Wildman–Crippen LogP) is 1.43. The van der Waals surface area contributed by atoms with Gasteiger partial charge < -0.3 is 15.4 Å². The fourth-order valence-electron chi connectivity index (χ4n) is 1.42. The van der Waals surface area contributed by atoms with E-state index in [0.29, 0.717) is 19.8 Å². The van der Waals surface area contributed by atoms with E-state index in [9.17, 15) is 4.79 Å². The Balaban J connectivity index is 0.00000289. The number of carbonyl (C=O) groups is 1. The van der Waals surface area contributed by atoms with Crippen molar-refractivity contribution in [2.24, 2.45) is 5.73 Å². The Hall–Kier alpha value is -1.10. The first-order valence-electron chi connectivity index (χ1n) is 5.73. The van der Waals surface area contributed by atoms with Gasteiger partial charge in [0.2, 0.25) is 5.91 Å². The maximum Gasteiger partial charge on any atom is 0.239 e. The number of rotatable bonds is 6. The summed E-state index contributed by atoms with van der Waals surface area (Å²) in [4.78, 5) is 13.0. The van der Waals surface area contributed by atoms with Crippen molar-refractivity contribution in [1.29, 1.82) is 0 Å². The third-order valence-corrected chi connectivity index (χ3v) is 2.45. The fourth-order valence-corrected chi connectivity index (χ4v) is 1.42. The van der Waals surface area contributed by atoms with Gasteiger partial charge in [-0.15, -0.1) is 12.4 Å². The van der Waals surface area contributed by atoms with Crippen LogP contribution in [-0.2, 0) is 16.1 Å². The van der Waals surface area contributed by atoms with Crippen molar-refractivity contribution >= 4 is 18.3 Å². The average molecular weight is 273 g/mol. The molecule has 0 radical (unpaired) electrons. The van der Waals surface area contributed by atoms with Gasteiger partial charge in [-0.1, -0.05) is 30.3 Å². The normalized spacial score (nSPS) is 11.5. The van der Waals surface area contributed by atoms with Crippen LogP contribution in [0.2, 0.25) is 0 Å². The number of carbonyl (C=O) groups excluding carboxylic acids is 1. The molecule has 1 amide bonds. The molecule has 0 unspecified atom stereocenters. The van der Waals surface area contributed by atoms with Crippen LogP contribution in [0.4, 0.5) is 0 Å². The smallest absolute Gasteiger partial charge is 0.239 e. The zero-order chi connectivity index (χ0) is 12.7. The molecule has 0 fully saturated rings. The summed E-state index contributed by atoms with van der Waals surface area (Å²) in [5.74, 6) is -0.0617. The number of halogens is 1. The van der Waals surface area contributed by atoms with E-state index in [1.54, 1.807) is 18.9 Å². The number of nitrogens with zero attached hydrogens (tertiary/aromatic N) is 1. The van der Waals surface area contributed by atoms with Gasteiger partial charge in [0.1, 0.15) is 0 Å². The molecule has 0 aliphatic carbocycles. The Morgan fingerprint density at radius 2 is 2.00 bits per heavy atom. The summed E-state index contributed by atoms with van der Waals surface area (Å²) in [5, 5.41) is 0. The van der Waals surface area contributed by atoms with E-state index in [4.69, 9.17) is 10.5 Å². The molecule has 1 rings (SSSR count). The molecule has 5 heteroatoms. The van der Waals surface area contributed by atoms with E-state index in [1.807, 2.05) is 30.3 Å². The van der Waals surface area contributed by atoms with E-state index in [-0.39, 0.29) is 18.3 Å². The Morgan fingerprint density at radius 3 is 2.56 bits per heavy atom. The van der Waals surface area contributed by atoms with Crippen molar-refractivity contribution in [3.05, 3.63) is 35.9 Å². The number of hydrogen-bond acceptors (Lipinski definition) is 3. The average Bonchev–Trinajstić information content (AvgIpc) is 2.34. The minimum atomic E-state index is -0.450. The summed E-state index contributed by atoms with van der Waals surface area (Å²) in [5.41, 5.74) is 6.63. The highest BCUT2D eigenvalue weighted by Crippen LogP contribution is 2.00. The molecule has 0 heterocycles. The van der Waals surface area contributed by atoms with Crippen LogP contribution in [-0.4, -0.2) is 37.0 Å². The lowest BCUT2D eigenvalue weighted by molar-refractivity contribution is -0.131. The molecule has 0 saturated heterocycles. The number of likely N-dealkylation sites (N-methyl/N-ethyl adjacent to an activating group) is 1. The molecule has 2 N–H and O–H groups in total. The molecule has 102 valence electrons. The predicted molar refractivity (Wildman–Crippen MR) is 74.6 cm³/mol. The van der Waals surface area contributed by atoms with Gasteiger partial charge in [0.25, 0.3) is 0 Å². The van der Waals surface area contributed by atoms with Crippen molar-refractivity contribution in [2.45, 2.75) is 19.6 Å². The first-order chi connectivity index (χ1) is 8.11. The molecular formula is C13H21ClN2O2. The molecule has 0 aliphatic rings. The van der Waals surface area contributed by atoms with E-state index >= 15 is 0 Å². The van der Waals surface area contributed by atoms with Gasteiger partial charge in [0.15, 0.2) is 0 Å². The van der Waals surface area contributed by atoms with E-state index in [1.165, 1.54) is 0 Å². The number of benzene rings is 1. The monoisotopic (exact) mass is 272 g/mol. The quantitative estimate of drug-likeness (QED) is 0.797. The fraction of sp³-hybridized carbons (Fsp3) is 0.462. The SMILES string of the molecule is C[C@H](N)C(=O)N(C)CCOCc1ccccc1.Cl. The Morgan fingerprint density at radius 1 is 1.39 bits per heavy atom. The molecule has 18 heavy (non-hydrogen) atoms. The molecule has 0 aliphatic heterocycles. The molecular weight excluding hydrogens is 252 g/mol. The van der Waals surface area contributed by atoms with Gasteiger partial charge in [-0.3, -0.25) is 4.79 Å². The highest BCUT2D eigenvalue weighted by molar-refractivity contribution is 5.85. The van der Waals surface area contributed by atoms with Crippen LogP contribution >= 0.6 is 12.4 Å². The Kier molecular flexibility index (Phi) is 8.37. The minimum absolute atomic E-state index is 0. The molecule has 1 aromatic carbocycles. The summed E-state index contributed by atoms with van der Waals surface area (Å²) >= 11 is 0. The summed E-state index contributed by atoms with van der Waals surface area (Å²) in [6, 6.07) is 9.50. The van der Waals surface area contributed by atoms with Crippen molar-refractivity contribution in [1.82, 2.24) is 4.90 Å². The van der Waals surface area contributed by atoms with Gasteiger partial charge in [-0.2, -0.15) is 0 Å². The highest BCUT2D eigenvalue weighted by Gasteiger charge is 2.12. The maximum absolute atomic E-state index is 11.5. The minimum Gasteiger partial charge on any atom is -0.375 e. The molecule has 0 spiro atoms. The summed E-state index contributed by atoms with van der Waals surface area (Å²) < 4.78 is 5.49. The number of nitrogens with two attached hydrogens (primary N) is 1. The van der Waals surface area contributed by atoms with Crippen molar-refractivity contribution < 1.29 is 9.53 Å². The van der Waals surface area contributed by atoms with Crippen LogP contribution in [0.3, 0.4) is 0 Å². The summed E-state index contributed by atoms with van der Waals surface area (Å²) in [6.45, 7) is 3.34. The Bertz CT molecular complexity index is 344. The zero-order valence-corrected chi connectivity index (χ0v) is 11.7. The molecule has 4 nitrogen and oxygen atoms in total. The third-order valence-electron chi connectivity index (χ3n) is 2.45. The molecule has 0 bridgehead atoms. The van der Waals surface area contributed by atoms with E-state index in [0.717, 1.165) is 5.56 Å². The van der Waals surface area contributed by atoms with Crippen LogP contribution in [0.5, 0.6) is 0 Å². The molecule has 1 atom stereocenters. The summed E-state index contributed by atoms with van der Waals surface area (Å²) in [7, 11) is 1.73. The second-order valence-electron chi connectivity index (χ2n) is 4.09. The first-order valence-corrected chi connectivity index (χ1v) is 5.73.